The summed E-state index contributed by atoms with van der Waals surface area (Å²) >= 11 is 12.1. The van der Waals surface area contributed by atoms with Gasteiger partial charge in [0, 0.05) is 25.3 Å². The summed E-state index contributed by atoms with van der Waals surface area (Å²) in [6.45, 7) is 3.32. The third-order valence-electron chi connectivity index (χ3n) is 2.89. The molecule has 0 fully saturated rings. The summed E-state index contributed by atoms with van der Waals surface area (Å²) in [6.07, 6.45) is 0.705. The van der Waals surface area contributed by atoms with Crippen molar-refractivity contribution in [1.82, 2.24) is 9.21 Å². The topological polar surface area (TPSA) is 66.6 Å². The van der Waals surface area contributed by atoms with Crippen molar-refractivity contribution in [3.8, 4) is 0 Å². The molecule has 0 unspecified atom stereocenters. The van der Waals surface area contributed by atoms with Crippen LogP contribution >= 0.6 is 23.2 Å². The van der Waals surface area contributed by atoms with Crippen LogP contribution in [0.1, 0.15) is 13.3 Å². The molecule has 5 nitrogen and oxygen atoms in total. The summed E-state index contributed by atoms with van der Waals surface area (Å²) < 4.78 is 27.0. The lowest BCUT2D eigenvalue weighted by Gasteiger charge is -2.24. The van der Waals surface area contributed by atoms with Gasteiger partial charge in [0.1, 0.15) is 4.90 Å². The van der Waals surface area contributed by atoms with E-state index in [0.29, 0.717) is 31.7 Å². The standard InChI is InChI=1S/C13H21Cl2N3O2S/c1-4-5-18(7-6-17(2)3)21(19,20)13-11(14)8-10(16)9-12(13)15/h8-9H,4-7,16H2,1-3H3. The number of halogens is 2. The SMILES string of the molecule is CCCN(CCN(C)C)S(=O)(=O)c1c(Cl)cc(N)cc1Cl. The van der Waals surface area contributed by atoms with Gasteiger partial charge in [0.25, 0.3) is 0 Å². The average Bonchev–Trinajstić information content (AvgIpc) is 2.32. The molecule has 8 heteroatoms. The second kappa shape index (κ2) is 7.65. The first-order valence-corrected chi connectivity index (χ1v) is 8.79. The van der Waals surface area contributed by atoms with Gasteiger partial charge in [0.2, 0.25) is 10.0 Å². The van der Waals surface area contributed by atoms with Crippen LogP contribution in [0.3, 0.4) is 0 Å². The van der Waals surface area contributed by atoms with Gasteiger partial charge in [0.05, 0.1) is 10.0 Å². The van der Waals surface area contributed by atoms with Crippen molar-refractivity contribution < 1.29 is 8.42 Å². The molecular weight excluding hydrogens is 333 g/mol. The molecule has 0 bridgehead atoms. The van der Waals surface area contributed by atoms with E-state index in [1.165, 1.54) is 16.4 Å². The Hall–Kier alpha value is -0.530. The van der Waals surface area contributed by atoms with Crippen LogP contribution in [-0.4, -0.2) is 51.4 Å². The zero-order valence-electron chi connectivity index (χ0n) is 12.4. The minimum absolute atomic E-state index is 0.0472. The van der Waals surface area contributed by atoms with Crippen LogP contribution in [0.5, 0.6) is 0 Å². The van der Waals surface area contributed by atoms with Crippen molar-refractivity contribution in [2.75, 3.05) is 39.5 Å². The van der Waals surface area contributed by atoms with Crippen LogP contribution in [0.2, 0.25) is 10.0 Å². The molecule has 0 aromatic heterocycles. The van der Waals surface area contributed by atoms with Crippen LogP contribution in [0.4, 0.5) is 5.69 Å². The Balaban J connectivity index is 3.23. The van der Waals surface area contributed by atoms with Crippen LogP contribution in [0.15, 0.2) is 17.0 Å². The minimum atomic E-state index is -3.75. The van der Waals surface area contributed by atoms with Gasteiger partial charge in [-0.1, -0.05) is 30.1 Å². The van der Waals surface area contributed by atoms with E-state index in [9.17, 15) is 8.42 Å². The molecule has 120 valence electrons. The molecule has 0 saturated heterocycles. The molecule has 0 saturated carbocycles. The predicted molar refractivity (Wildman–Crippen MR) is 88.5 cm³/mol. The highest BCUT2D eigenvalue weighted by Gasteiger charge is 2.28. The summed E-state index contributed by atoms with van der Waals surface area (Å²) in [7, 11) is 0.0278. The molecule has 2 N–H and O–H groups in total. The average molecular weight is 354 g/mol. The molecule has 1 rings (SSSR count). The Morgan fingerprint density at radius 1 is 1.10 bits per heavy atom. The first-order valence-electron chi connectivity index (χ1n) is 6.59. The molecule has 0 aliphatic rings. The smallest absolute Gasteiger partial charge is 0.246 e. The monoisotopic (exact) mass is 353 g/mol. The molecule has 0 aliphatic carbocycles. The molecule has 0 atom stereocenters. The molecule has 0 amide bonds. The highest BCUT2D eigenvalue weighted by atomic mass is 35.5. The Morgan fingerprint density at radius 3 is 2.05 bits per heavy atom. The second-order valence-corrected chi connectivity index (χ2v) is 7.71. The highest BCUT2D eigenvalue weighted by molar-refractivity contribution is 7.89. The van der Waals surface area contributed by atoms with E-state index < -0.39 is 10.0 Å². The van der Waals surface area contributed by atoms with Gasteiger partial charge < -0.3 is 10.6 Å². The molecular formula is C13H21Cl2N3O2S. The summed E-state index contributed by atoms with van der Waals surface area (Å²) in [5.74, 6) is 0. The third kappa shape index (κ3) is 4.72. The molecule has 21 heavy (non-hydrogen) atoms. The zero-order valence-corrected chi connectivity index (χ0v) is 14.8. The first-order chi connectivity index (χ1) is 9.70. The van der Waals surface area contributed by atoms with Gasteiger partial charge in [-0.25, -0.2) is 8.42 Å². The first kappa shape index (κ1) is 18.5. The maximum atomic E-state index is 12.8. The lowest BCUT2D eigenvalue weighted by atomic mass is 10.3. The lowest BCUT2D eigenvalue weighted by Crippen LogP contribution is -2.37. The van der Waals surface area contributed by atoms with Gasteiger partial charge >= 0.3 is 0 Å². The maximum absolute atomic E-state index is 12.8. The van der Waals surface area contributed by atoms with Crippen molar-refractivity contribution in [3.63, 3.8) is 0 Å². The van der Waals surface area contributed by atoms with Crippen molar-refractivity contribution in [2.45, 2.75) is 18.2 Å². The van der Waals surface area contributed by atoms with E-state index in [-0.39, 0.29) is 14.9 Å². The van der Waals surface area contributed by atoms with Crippen molar-refractivity contribution in [2.24, 2.45) is 0 Å². The van der Waals surface area contributed by atoms with Crippen molar-refractivity contribution >= 4 is 38.9 Å². The molecule has 1 aromatic rings. The number of hydrogen-bond donors (Lipinski definition) is 1. The Bertz CT molecular complexity index is 568. The van der Waals surface area contributed by atoms with Crippen LogP contribution in [0, 0.1) is 0 Å². The number of sulfonamides is 1. The number of hydrogen-bond acceptors (Lipinski definition) is 4. The normalized spacial score (nSPS) is 12.3. The molecule has 0 spiro atoms. The summed E-state index contributed by atoms with van der Waals surface area (Å²) in [6, 6.07) is 2.80. The largest absolute Gasteiger partial charge is 0.399 e. The Labute approximate surface area is 136 Å². The van der Waals surface area contributed by atoms with Gasteiger partial charge in [-0.15, -0.1) is 0 Å². The van der Waals surface area contributed by atoms with Gasteiger partial charge in [-0.2, -0.15) is 4.31 Å². The number of anilines is 1. The fourth-order valence-corrected chi connectivity index (χ4v) is 4.57. The number of benzene rings is 1. The van der Waals surface area contributed by atoms with Crippen LogP contribution < -0.4 is 5.73 Å². The van der Waals surface area contributed by atoms with Crippen LogP contribution in [-0.2, 0) is 10.0 Å². The number of likely N-dealkylation sites (N-methyl/N-ethyl adjacent to an activating group) is 1. The Morgan fingerprint density at radius 2 is 1.62 bits per heavy atom. The minimum Gasteiger partial charge on any atom is -0.399 e. The maximum Gasteiger partial charge on any atom is 0.246 e. The fourth-order valence-electron chi connectivity index (χ4n) is 1.87. The predicted octanol–water partition coefficient (Wildman–Crippen LogP) is 2.54. The summed E-state index contributed by atoms with van der Waals surface area (Å²) in [4.78, 5) is 1.84. The number of nitrogens with two attached hydrogens (primary N) is 1. The van der Waals surface area contributed by atoms with E-state index >= 15 is 0 Å². The van der Waals surface area contributed by atoms with E-state index in [1.807, 2.05) is 25.9 Å². The van der Waals surface area contributed by atoms with E-state index in [2.05, 4.69) is 0 Å². The number of nitrogens with zero attached hydrogens (tertiary/aromatic N) is 2. The van der Waals surface area contributed by atoms with Gasteiger partial charge in [-0.3, -0.25) is 0 Å². The second-order valence-electron chi connectivity index (χ2n) is 5.02. The highest BCUT2D eigenvalue weighted by Crippen LogP contribution is 2.33. The van der Waals surface area contributed by atoms with E-state index in [0.717, 1.165) is 0 Å². The zero-order chi connectivity index (χ0) is 16.2. The summed E-state index contributed by atoms with van der Waals surface area (Å²) in [5, 5.41) is 0.0944. The Kier molecular flexibility index (Phi) is 6.74. The molecule has 1 aromatic carbocycles. The van der Waals surface area contributed by atoms with Gasteiger partial charge in [-0.05, 0) is 32.6 Å². The molecule has 0 aliphatic heterocycles. The number of rotatable bonds is 7. The van der Waals surface area contributed by atoms with Gasteiger partial charge in [0.15, 0.2) is 0 Å². The summed E-state index contributed by atoms with van der Waals surface area (Å²) in [5.41, 5.74) is 5.95. The molecule has 0 radical (unpaired) electrons. The van der Waals surface area contributed by atoms with Crippen molar-refractivity contribution in [1.29, 1.82) is 0 Å². The number of nitrogen functional groups attached to an aromatic ring is 1. The quantitative estimate of drug-likeness (QED) is 0.764. The van der Waals surface area contributed by atoms with E-state index in [4.69, 9.17) is 28.9 Å². The van der Waals surface area contributed by atoms with E-state index in [1.54, 1.807) is 0 Å². The van der Waals surface area contributed by atoms with Crippen LogP contribution in [0.25, 0.3) is 0 Å². The fraction of sp³-hybridized carbons (Fsp3) is 0.538. The lowest BCUT2D eigenvalue weighted by molar-refractivity contribution is 0.333. The molecule has 0 heterocycles. The third-order valence-corrected chi connectivity index (χ3v) is 5.71. The van der Waals surface area contributed by atoms with Crippen molar-refractivity contribution in [3.05, 3.63) is 22.2 Å².